The van der Waals surface area contributed by atoms with Crippen LogP contribution in [0, 0.1) is 10.8 Å². The fraction of sp³-hybridized carbons (Fsp3) is 0.471. The molecule has 0 bridgehead atoms. The van der Waals surface area contributed by atoms with E-state index >= 15 is 0 Å². The number of carbonyl (C=O) groups excluding carboxylic acids is 3. The van der Waals surface area contributed by atoms with Gasteiger partial charge in [0.25, 0.3) is 5.24 Å². The van der Waals surface area contributed by atoms with Crippen LogP contribution in [0.15, 0.2) is 18.2 Å². The Labute approximate surface area is 140 Å². The number of rotatable bonds is 3. The predicted molar refractivity (Wildman–Crippen MR) is 86.8 cm³/mol. The highest BCUT2D eigenvalue weighted by Gasteiger charge is 2.27. The molecule has 0 N–H and O–H groups in total. The molecule has 0 atom stereocenters. The van der Waals surface area contributed by atoms with Gasteiger partial charge in [0, 0.05) is 0 Å². The Bertz CT molecular complexity index is 635. The minimum atomic E-state index is -0.810. The molecular formula is C17H21ClO5. The Morgan fingerprint density at radius 1 is 0.870 bits per heavy atom. The van der Waals surface area contributed by atoms with Crippen LogP contribution in [0.5, 0.6) is 11.5 Å². The third-order valence-electron chi connectivity index (χ3n) is 2.80. The third kappa shape index (κ3) is 5.36. The van der Waals surface area contributed by atoms with Gasteiger partial charge < -0.3 is 9.47 Å². The van der Waals surface area contributed by atoms with E-state index in [2.05, 4.69) is 0 Å². The van der Waals surface area contributed by atoms with Crippen LogP contribution in [-0.2, 0) is 9.59 Å². The van der Waals surface area contributed by atoms with E-state index in [1.165, 1.54) is 18.2 Å². The van der Waals surface area contributed by atoms with Crippen LogP contribution in [0.3, 0.4) is 0 Å². The molecule has 1 aromatic carbocycles. The molecule has 6 heteroatoms. The van der Waals surface area contributed by atoms with Crippen molar-refractivity contribution in [3.8, 4) is 11.5 Å². The molecule has 23 heavy (non-hydrogen) atoms. The maximum absolute atomic E-state index is 11.9. The second kappa shape index (κ2) is 6.71. The second-order valence-corrected chi connectivity index (χ2v) is 7.55. The van der Waals surface area contributed by atoms with Gasteiger partial charge in [-0.1, -0.05) is 0 Å². The minimum absolute atomic E-state index is 0.0282. The molecule has 1 aromatic rings. The van der Waals surface area contributed by atoms with Crippen molar-refractivity contribution in [3.05, 3.63) is 23.8 Å². The summed E-state index contributed by atoms with van der Waals surface area (Å²) in [6, 6.07) is 4.10. The topological polar surface area (TPSA) is 69.7 Å². The number of esters is 2. The van der Waals surface area contributed by atoms with E-state index < -0.39 is 28.0 Å². The summed E-state index contributed by atoms with van der Waals surface area (Å²) in [6.07, 6.45) is 0. The normalized spacial score (nSPS) is 11.8. The second-order valence-electron chi connectivity index (χ2n) is 7.21. The van der Waals surface area contributed by atoms with Gasteiger partial charge in [-0.05, 0) is 71.3 Å². The standard InChI is InChI=1S/C17H21ClO5/c1-16(2,3)14(20)22-10-7-8-12(11(9-10)13(18)19)23-15(21)17(4,5)6/h7-9H,1-6H3. The van der Waals surface area contributed by atoms with E-state index in [0.29, 0.717) is 0 Å². The molecule has 0 heterocycles. The van der Waals surface area contributed by atoms with Gasteiger partial charge in [-0.3, -0.25) is 14.4 Å². The number of hydrogen-bond donors (Lipinski definition) is 0. The smallest absolute Gasteiger partial charge is 0.316 e. The highest BCUT2D eigenvalue weighted by molar-refractivity contribution is 6.68. The molecule has 0 unspecified atom stereocenters. The Morgan fingerprint density at radius 3 is 1.78 bits per heavy atom. The molecule has 0 saturated heterocycles. The Balaban J connectivity index is 3.11. The molecule has 0 spiro atoms. The maximum Gasteiger partial charge on any atom is 0.316 e. The summed E-state index contributed by atoms with van der Waals surface area (Å²) in [4.78, 5) is 35.4. The minimum Gasteiger partial charge on any atom is -0.426 e. The molecule has 0 aliphatic carbocycles. The molecule has 0 amide bonds. The van der Waals surface area contributed by atoms with Crippen molar-refractivity contribution in [1.29, 1.82) is 0 Å². The third-order valence-corrected chi connectivity index (χ3v) is 3.00. The van der Waals surface area contributed by atoms with Crippen molar-refractivity contribution in [1.82, 2.24) is 0 Å². The van der Waals surface area contributed by atoms with Gasteiger partial charge >= 0.3 is 11.9 Å². The first-order valence-corrected chi connectivity index (χ1v) is 7.48. The largest absolute Gasteiger partial charge is 0.426 e. The summed E-state index contributed by atoms with van der Waals surface area (Å²) >= 11 is 5.53. The summed E-state index contributed by atoms with van der Waals surface area (Å²) in [7, 11) is 0. The van der Waals surface area contributed by atoms with Crippen molar-refractivity contribution in [2.75, 3.05) is 0 Å². The molecule has 0 radical (unpaired) electrons. The average Bonchev–Trinajstić information content (AvgIpc) is 2.37. The zero-order valence-electron chi connectivity index (χ0n) is 14.2. The van der Waals surface area contributed by atoms with Crippen molar-refractivity contribution in [3.63, 3.8) is 0 Å². The summed E-state index contributed by atoms with van der Waals surface area (Å²) in [5, 5.41) is -0.810. The molecule has 0 saturated carbocycles. The van der Waals surface area contributed by atoms with Gasteiger partial charge in [0.15, 0.2) is 0 Å². The Kier molecular flexibility index (Phi) is 5.59. The number of ether oxygens (including phenoxy) is 2. The highest BCUT2D eigenvalue weighted by atomic mass is 35.5. The lowest BCUT2D eigenvalue weighted by atomic mass is 9.97. The van der Waals surface area contributed by atoms with E-state index in [0.717, 1.165) is 0 Å². The summed E-state index contributed by atoms with van der Waals surface area (Å²) in [5.41, 5.74) is -1.46. The SMILES string of the molecule is CC(C)(C)C(=O)Oc1ccc(OC(=O)C(C)(C)C)c(C(=O)Cl)c1. The molecular weight excluding hydrogens is 320 g/mol. The summed E-state index contributed by atoms with van der Waals surface area (Å²) < 4.78 is 10.4. The zero-order chi connectivity index (χ0) is 18.0. The number of carbonyl (C=O) groups is 3. The van der Waals surface area contributed by atoms with E-state index in [4.69, 9.17) is 21.1 Å². The maximum atomic E-state index is 11.9. The molecule has 1 rings (SSSR count). The van der Waals surface area contributed by atoms with Crippen molar-refractivity contribution < 1.29 is 23.9 Å². The quantitative estimate of drug-likeness (QED) is 0.473. The van der Waals surface area contributed by atoms with Crippen molar-refractivity contribution >= 4 is 28.8 Å². The lowest BCUT2D eigenvalue weighted by molar-refractivity contribution is -0.144. The monoisotopic (exact) mass is 340 g/mol. The molecule has 0 aliphatic heterocycles. The number of benzene rings is 1. The summed E-state index contributed by atoms with van der Waals surface area (Å²) in [6.45, 7) is 10.2. The molecule has 0 aromatic heterocycles. The fourth-order valence-electron chi connectivity index (χ4n) is 1.33. The van der Waals surface area contributed by atoms with E-state index in [1.807, 2.05) is 0 Å². The van der Waals surface area contributed by atoms with Crippen LogP contribution in [0.1, 0.15) is 51.9 Å². The van der Waals surface area contributed by atoms with Crippen LogP contribution in [0.25, 0.3) is 0 Å². The van der Waals surface area contributed by atoms with Gasteiger partial charge in [-0.2, -0.15) is 0 Å². The lowest BCUT2D eigenvalue weighted by Crippen LogP contribution is -2.26. The van der Waals surface area contributed by atoms with Crippen LogP contribution in [0.4, 0.5) is 0 Å². The zero-order valence-corrected chi connectivity index (χ0v) is 14.9. The summed E-state index contributed by atoms with van der Waals surface area (Å²) in [5.74, 6) is -0.772. The average molecular weight is 341 g/mol. The first-order chi connectivity index (χ1) is 10.3. The van der Waals surface area contributed by atoms with E-state index in [9.17, 15) is 14.4 Å². The van der Waals surface area contributed by atoms with Gasteiger partial charge in [-0.15, -0.1) is 0 Å². The Hall–Kier alpha value is -1.88. The van der Waals surface area contributed by atoms with Crippen molar-refractivity contribution in [2.45, 2.75) is 41.5 Å². The van der Waals surface area contributed by atoms with Gasteiger partial charge in [0.05, 0.1) is 16.4 Å². The van der Waals surface area contributed by atoms with E-state index in [1.54, 1.807) is 41.5 Å². The van der Waals surface area contributed by atoms with Crippen LogP contribution >= 0.6 is 11.6 Å². The van der Waals surface area contributed by atoms with Crippen LogP contribution in [-0.4, -0.2) is 17.2 Å². The van der Waals surface area contributed by atoms with Gasteiger partial charge in [-0.25, -0.2) is 0 Å². The van der Waals surface area contributed by atoms with E-state index in [-0.39, 0.29) is 17.1 Å². The lowest BCUT2D eigenvalue weighted by Gasteiger charge is -2.19. The number of hydrogen-bond acceptors (Lipinski definition) is 5. The van der Waals surface area contributed by atoms with Crippen molar-refractivity contribution in [2.24, 2.45) is 10.8 Å². The van der Waals surface area contributed by atoms with Crippen LogP contribution in [0.2, 0.25) is 0 Å². The van der Waals surface area contributed by atoms with Gasteiger partial charge in [0.1, 0.15) is 11.5 Å². The molecule has 0 fully saturated rings. The number of halogens is 1. The predicted octanol–water partition coefficient (Wildman–Crippen LogP) is 3.97. The highest BCUT2D eigenvalue weighted by Crippen LogP contribution is 2.29. The molecule has 126 valence electrons. The first kappa shape index (κ1) is 19.2. The van der Waals surface area contributed by atoms with Crippen LogP contribution < -0.4 is 9.47 Å². The van der Waals surface area contributed by atoms with Gasteiger partial charge in [0.2, 0.25) is 0 Å². The molecule has 0 aliphatic rings. The molecule has 5 nitrogen and oxygen atoms in total. The fourth-order valence-corrected chi connectivity index (χ4v) is 1.48. The first-order valence-electron chi connectivity index (χ1n) is 7.11. The Morgan fingerprint density at radius 2 is 1.35 bits per heavy atom.